The summed E-state index contributed by atoms with van der Waals surface area (Å²) < 4.78 is 11.3. The highest BCUT2D eigenvalue weighted by molar-refractivity contribution is 6.46. The molecule has 36 heavy (non-hydrogen) atoms. The van der Waals surface area contributed by atoms with Crippen LogP contribution in [0.3, 0.4) is 0 Å². The monoisotopic (exact) mass is 492 g/mol. The summed E-state index contributed by atoms with van der Waals surface area (Å²) in [6.07, 6.45) is 1.51. The molecule has 2 atom stereocenters. The van der Waals surface area contributed by atoms with Gasteiger partial charge < -0.3 is 24.4 Å². The molecule has 2 aliphatic rings. The van der Waals surface area contributed by atoms with Gasteiger partial charge in [0.05, 0.1) is 32.3 Å². The smallest absolute Gasteiger partial charge is 0.295 e. The average Bonchev–Trinajstić information content (AvgIpc) is 3.37. The second-order valence-electron chi connectivity index (χ2n) is 9.49. The van der Waals surface area contributed by atoms with Gasteiger partial charge >= 0.3 is 0 Å². The van der Waals surface area contributed by atoms with Crippen LogP contribution in [-0.4, -0.2) is 55.5 Å². The van der Waals surface area contributed by atoms with Gasteiger partial charge in [0.2, 0.25) is 5.78 Å². The van der Waals surface area contributed by atoms with E-state index >= 15 is 0 Å². The molecule has 1 amide bonds. The van der Waals surface area contributed by atoms with Crippen molar-refractivity contribution in [2.75, 3.05) is 32.8 Å². The number of ether oxygens (including phenoxy) is 2. The number of benzene rings is 2. The van der Waals surface area contributed by atoms with Crippen molar-refractivity contribution in [3.8, 4) is 11.5 Å². The van der Waals surface area contributed by atoms with Gasteiger partial charge in [-0.3, -0.25) is 9.59 Å². The Morgan fingerprint density at radius 3 is 2.50 bits per heavy atom. The molecule has 7 heteroatoms. The molecule has 7 nitrogen and oxygen atoms in total. The zero-order chi connectivity index (χ0) is 25.8. The van der Waals surface area contributed by atoms with Crippen LogP contribution in [0.4, 0.5) is 0 Å². The zero-order valence-corrected chi connectivity index (χ0v) is 21.6. The minimum absolute atomic E-state index is 0.0197. The van der Waals surface area contributed by atoms with E-state index in [0.29, 0.717) is 30.9 Å². The highest BCUT2D eigenvalue weighted by Crippen LogP contribution is 2.40. The van der Waals surface area contributed by atoms with Crippen molar-refractivity contribution in [2.45, 2.75) is 52.7 Å². The van der Waals surface area contributed by atoms with Crippen LogP contribution < -0.4 is 19.5 Å². The summed E-state index contributed by atoms with van der Waals surface area (Å²) in [4.78, 5) is 29.5. The third-order valence-corrected chi connectivity index (χ3v) is 7.12. The van der Waals surface area contributed by atoms with Gasteiger partial charge in [0.1, 0.15) is 17.6 Å². The molecule has 0 bridgehead atoms. The van der Waals surface area contributed by atoms with Gasteiger partial charge in [-0.1, -0.05) is 24.0 Å². The number of carbonyl (C=O) groups excluding carboxylic acids is 2. The van der Waals surface area contributed by atoms with Gasteiger partial charge in [-0.05, 0) is 68.7 Å². The summed E-state index contributed by atoms with van der Waals surface area (Å²) >= 11 is 0. The van der Waals surface area contributed by atoms with E-state index in [1.807, 2.05) is 38.1 Å². The summed E-state index contributed by atoms with van der Waals surface area (Å²) in [5.41, 5.74) is 2.11. The predicted molar refractivity (Wildman–Crippen MR) is 136 cm³/mol. The zero-order valence-electron chi connectivity index (χ0n) is 21.6. The van der Waals surface area contributed by atoms with Crippen molar-refractivity contribution in [1.29, 1.82) is 0 Å². The van der Waals surface area contributed by atoms with Crippen LogP contribution in [0.1, 0.15) is 56.8 Å². The topological polar surface area (TPSA) is 83.3 Å². The van der Waals surface area contributed by atoms with Crippen molar-refractivity contribution in [1.82, 2.24) is 4.90 Å². The summed E-state index contributed by atoms with van der Waals surface area (Å²) in [5, 5.41) is 13.8. The number of Topliss-reactive ketones (excluding diaryl/α,β-unsaturated/α-hetero) is 1. The van der Waals surface area contributed by atoms with Crippen molar-refractivity contribution < 1.29 is 29.1 Å². The Hall–Kier alpha value is -3.32. The molecule has 192 valence electrons. The van der Waals surface area contributed by atoms with Crippen molar-refractivity contribution in [3.05, 3.63) is 64.7 Å². The Morgan fingerprint density at radius 1 is 1.11 bits per heavy atom. The van der Waals surface area contributed by atoms with Gasteiger partial charge in [-0.15, -0.1) is 0 Å². The predicted octanol–water partition coefficient (Wildman–Crippen LogP) is 1.95. The van der Waals surface area contributed by atoms with Gasteiger partial charge in [0.25, 0.3) is 5.91 Å². The first-order valence-corrected chi connectivity index (χ1v) is 13.0. The molecule has 0 aromatic heterocycles. The maximum Gasteiger partial charge on any atom is 0.295 e. The summed E-state index contributed by atoms with van der Waals surface area (Å²) in [5.74, 6) is -0.244. The number of nitrogens with zero attached hydrogens (tertiary/aromatic N) is 1. The molecular weight excluding hydrogens is 456 g/mol. The number of fused-ring (bicyclic) bond motifs is 1. The minimum atomic E-state index is -0.719. The Balaban J connectivity index is 1.72. The molecule has 1 fully saturated rings. The van der Waals surface area contributed by atoms with E-state index in [-0.39, 0.29) is 11.7 Å². The number of hydrogen-bond donors (Lipinski definition) is 1. The van der Waals surface area contributed by atoms with E-state index in [2.05, 4.69) is 13.8 Å². The highest BCUT2D eigenvalue weighted by atomic mass is 16.5. The summed E-state index contributed by atoms with van der Waals surface area (Å²) in [6.45, 7) is 12.0. The number of carbonyl (C=O) groups is 2. The third kappa shape index (κ3) is 5.12. The lowest BCUT2D eigenvalue weighted by atomic mass is 9.94. The minimum Gasteiger partial charge on any atom is -0.872 e. The summed E-state index contributed by atoms with van der Waals surface area (Å²) in [6, 6.07) is 11.9. The number of rotatable bonds is 10. The van der Waals surface area contributed by atoms with E-state index in [4.69, 9.17) is 9.47 Å². The molecule has 4 rings (SSSR count). The number of nitrogens with one attached hydrogen (secondary N) is 1. The lowest BCUT2D eigenvalue weighted by Gasteiger charge is -2.28. The highest BCUT2D eigenvalue weighted by Gasteiger charge is 2.44. The van der Waals surface area contributed by atoms with E-state index in [1.54, 1.807) is 23.1 Å². The van der Waals surface area contributed by atoms with Crippen molar-refractivity contribution >= 4 is 17.4 Å². The first-order valence-electron chi connectivity index (χ1n) is 13.0. The molecule has 2 unspecified atom stereocenters. The Bertz CT molecular complexity index is 1140. The molecular formula is C29H36N2O5. The standard InChI is InChI=1S/C29H36N2O5/c1-5-30(6-2)15-8-16-31-26(20-9-12-23(13-10-20)35-7-3)25(28(33)29(31)34)27(32)21-11-14-24-22(18-21)17-19(4)36-24/h9-14,18-19,26,32H,5-8,15-17H2,1-4H3/b27-25+. The fourth-order valence-electron chi connectivity index (χ4n) is 5.18. The fourth-order valence-corrected chi connectivity index (χ4v) is 5.18. The second-order valence-corrected chi connectivity index (χ2v) is 9.49. The first-order chi connectivity index (χ1) is 17.4. The van der Waals surface area contributed by atoms with Gasteiger partial charge in [-0.2, -0.15) is 0 Å². The number of ketones is 1. The molecule has 2 aromatic carbocycles. The largest absolute Gasteiger partial charge is 0.872 e. The van der Waals surface area contributed by atoms with Crippen LogP contribution >= 0.6 is 0 Å². The number of likely N-dealkylation sites (tertiary alicyclic amines) is 1. The first kappa shape index (κ1) is 25.8. The van der Waals surface area contributed by atoms with Gasteiger partial charge in [0, 0.05) is 25.0 Å². The molecule has 2 aromatic rings. The van der Waals surface area contributed by atoms with Crippen molar-refractivity contribution in [2.24, 2.45) is 0 Å². The van der Waals surface area contributed by atoms with Crippen LogP contribution in [0.25, 0.3) is 5.76 Å². The molecule has 0 radical (unpaired) electrons. The molecule has 1 saturated heterocycles. The van der Waals surface area contributed by atoms with Gasteiger partial charge in [0.15, 0.2) is 0 Å². The molecule has 0 saturated carbocycles. The van der Waals surface area contributed by atoms with Crippen LogP contribution in [0, 0.1) is 0 Å². The third-order valence-electron chi connectivity index (χ3n) is 7.12. The molecule has 0 aliphatic carbocycles. The lowest BCUT2D eigenvalue weighted by molar-refractivity contribution is -0.896. The molecule has 1 N–H and O–H groups in total. The molecule has 0 spiro atoms. The van der Waals surface area contributed by atoms with Crippen LogP contribution in [0.5, 0.6) is 11.5 Å². The van der Waals surface area contributed by atoms with E-state index < -0.39 is 23.5 Å². The average molecular weight is 493 g/mol. The lowest BCUT2D eigenvalue weighted by Crippen LogP contribution is -3.11. The fraction of sp³-hybridized carbons (Fsp3) is 0.448. The maximum absolute atomic E-state index is 13.8. The number of amides is 1. The van der Waals surface area contributed by atoms with E-state index in [9.17, 15) is 14.7 Å². The van der Waals surface area contributed by atoms with E-state index in [1.165, 1.54) is 4.90 Å². The SMILES string of the molecule is CCOc1ccc(C2/C(=C(\[O-])c3ccc4c(c3)CC(C)O4)C(=O)C(=O)N2CCC[NH+](CC)CC)cc1. The second kappa shape index (κ2) is 11.2. The van der Waals surface area contributed by atoms with E-state index in [0.717, 1.165) is 42.9 Å². The number of hydrogen-bond acceptors (Lipinski definition) is 5. The molecule has 2 heterocycles. The van der Waals surface area contributed by atoms with Crippen LogP contribution in [0.2, 0.25) is 0 Å². The Labute approximate surface area is 213 Å². The quantitative estimate of drug-likeness (QED) is 0.311. The van der Waals surface area contributed by atoms with Crippen LogP contribution in [0.15, 0.2) is 48.0 Å². The molecule has 2 aliphatic heterocycles. The summed E-state index contributed by atoms with van der Waals surface area (Å²) in [7, 11) is 0. The van der Waals surface area contributed by atoms with Crippen LogP contribution in [-0.2, 0) is 16.0 Å². The normalized spacial score (nSPS) is 20.6. The van der Waals surface area contributed by atoms with Crippen molar-refractivity contribution in [3.63, 3.8) is 0 Å². The maximum atomic E-state index is 13.8. The Morgan fingerprint density at radius 2 is 1.83 bits per heavy atom. The Kier molecular flexibility index (Phi) is 7.99. The number of quaternary nitrogens is 1. The van der Waals surface area contributed by atoms with Gasteiger partial charge in [-0.25, -0.2) is 0 Å².